The molecule has 0 radical (unpaired) electrons. The molecule has 0 saturated carbocycles. The van der Waals surface area contributed by atoms with Gasteiger partial charge in [-0.1, -0.05) is 22.3 Å². The van der Waals surface area contributed by atoms with Crippen LogP contribution in [-0.2, 0) is 31.5 Å². The van der Waals surface area contributed by atoms with Gasteiger partial charge in [0.2, 0.25) is 0 Å². The van der Waals surface area contributed by atoms with Gasteiger partial charge in [0.15, 0.2) is 0 Å². The Morgan fingerprint density at radius 2 is 0.759 bits per heavy atom. The summed E-state index contributed by atoms with van der Waals surface area (Å²) >= 11 is 0. The second-order valence-corrected chi connectivity index (χ2v) is 10.6. The topological polar surface area (TPSA) is 80.3 Å². The second-order valence-electron chi connectivity index (χ2n) is 7.14. The highest BCUT2D eigenvalue weighted by molar-refractivity contribution is 7.62. The SMILES string of the molecule is C=C(C)CCOP(=O)(OCCC(=C)C)OP(=O)(OCCC(=C)C)OCCC(=C)C. The van der Waals surface area contributed by atoms with Gasteiger partial charge < -0.3 is 0 Å². The molecule has 0 aliphatic heterocycles. The Hall–Kier alpha value is -0.780. The third-order valence-electron chi connectivity index (χ3n) is 3.31. The van der Waals surface area contributed by atoms with Crippen molar-refractivity contribution in [3.05, 3.63) is 48.6 Å². The summed E-state index contributed by atoms with van der Waals surface area (Å²) < 4.78 is 52.7. The normalized spacial score (nSPS) is 12.0. The van der Waals surface area contributed by atoms with E-state index in [2.05, 4.69) is 26.3 Å². The van der Waals surface area contributed by atoms with E-state index in [0.29, 0.717) is 25.7 Å². The van der Waals surface area contributed by atoms with Crippen LogP contribution in [0.15, 0.2) is 48.6 Å². The summed E-state index contributed by atoms with van der Waals surface area (Å²) in [6.07, 6.45) is 1.76. The van der Waals surface area contributed by atoms with E-state index in [-0.39, 0.29) is 26.4 Å². The molecule has 29 heavy (non-hydrogen) atoms. The van der Waals surface area contributed by atoms with Gasteiger partial charge >= 0.3 is 15.6 Å². The van der Waals surface area contributed by atoms with Crippen molar-refractivity contribution < 1.29 is 31.5 Å². The molecule has 0 fully saturated rings. The summed E-state index contributed by atoms with van der Waals surface area (Å²) in [6.45, 7) is 22.4. The molecule has 0 aromatic rings. The molecule has 0 aliphatic carbocycles. The molecular weight excluding hydrogens is 414 g/mol. The smallest absolute Gasteiger partial charge is 0.286 e. The predicted molar refractivity (Wildman–Crippen MR) is 118 cm³/mol. The van der Waals surface area contributed by atoms with Crippen LogP contribution in [-0.4, -0.2) is 26.4 Å². The monoisotopic (exact) mass is 450 g/mol. The van der Waals surface area contributed by atoms with Crippen LogP contribution in [0.4, 0.5) is 0 Å². The molecule has 0 spiro atoms. The Balaban J connectivity index is 5.30. The van der Waals surface area contributed by atoms with Gasteiger partial charge in [0.1, 0.15) is 0 Å². The molecule has 0 aromatic carbocycles. The Morgan fingerprint density at radius 1 is 0.552 bits per heavy atom. The van der Waals surface area contributed by atoms with Crippen molar-refractivity contribution in [2.75, 3.05) is 26.4 Å². The van der Waals surface area contributed by atoms with Gasteiger partial charge in [0.05, 0.1) is 26.4 Å². The minimum absolute atomic E-state index is 0.0250. The largest absolute Gasteiger partial charge is 0.483 e. The van der Waals surface area contributed by atoms with E-state index in [1.54, 1.807) is 0 Å². The summed E-state index contributed by atoms with van der Waals surface area (Å²) in [5.74, 6) is 0. The Labute approximate surface area is 176 Å². The number of phosphoric acid groups is 2. The van der Waals surface area contributed by atoms with Crippen molar-refractivity contribution in [2.45, 2.75) is 53.4 Å². The lowest BCUT2D eigenvalue weighted by Crippen LogP contribution is -2.07. The molecule has 168 valence electrons. The van der Waals surface area contributed by atoms with E-state index >= 15 is 0 Å². The van der Waals surface area contributed by atoms with Crippen molar-refractivity contribution >= 4 is 15.6 Å². The highest BCUT2D eigenvalue weighted by Gasteiger charge is 2.40. The quantitative estimate of drug-likeness (QED) is 0.162. The van der Waals surface area contributed by atoms with Crippen LogP contribution in [0, 0.1) is 0 Å². The van der Waals surface area contributed by atoms with Crippen LogP contribution < -0.4 is 0 Å². The fourth-order valence-electron chi connectivity index (χ4n) is 1.62. The molecule has 7 nitrogen and oxygen atoms in total. The zero-order valence-electron chi connectivity index (χ0n) is 18.2. The molecule has 0 heterocycles. The third-order valence-corrected chi connectivity index (χ3v) is 6.91. The van der Waals surface area contributed by atoms with Crippen molar-refractivity contribution in [1.29, 1.82) is 0 Å². The van der Waals surface area contributed by atoms with Crippen molar-refractivity contribution in [3.8, 4) is 0 Å². The van der Waals surface area contributed by atoms with Gasteiger partial charge in [-0.2, -0.15) is 4.31 Å². The van der Waals surface area contributed by atoms with Crippen LogP contribution >= 0.6 is 15.6 Å². The summed E-state index contributed by atoms with van der Waals surface area (Å²) in [6, 6.07) is 0. The Bertz CT molecular complexity index is 566. The third kappa shape index (κ3) is 15.7. The maximum Gasteiger partial charge on any atom is 0.483 e. The summed E-state index contributed by atoms with van der Waals surface area (Å²) in [4.78, 5) is 0. The number of hydrogen-bond donors (Lipinski definition) is 0. The van der Waals surface area contributed by atoms with Crippen LogP contribution in [0.3, 0.4) is 0 Å². The zero-order chi connectivity index (χ0) is 22.5. The van der Waals surface area contributed by atoms with Gasteiger partial charge in [-0.15, -0.1) is 26.3 Å². The van der Waals surface area contributed by atoms with E-state index in [0.717, 1.165) is 22.3 Å². The molecule has 0 bridgehead atoms. The fourth-order valence-corrected chi connectivity index (χ4v) is 4.76. The van der Waals surface area contributed by atoms with Crippen molar-refractivity contribution in [3.63, 3.8) is 0 Å². The van der Waals surface area contributed by atoms with E-state index in [1.165, 1.54) is 0 Å². The van der Waals surface area contributed by atoms with Crippen LogP contribution in [0.2, 0.25) is 0 Å². The molecule has 0 rings (SSSR count). The molecule has 9 heteroatoms. The molecule has 0 unspecified atom stereocenters. The van der Waals surface area contributed by atoms with E-state index in [1.807, 2.05) is 27.7 Å². The minimum Gasteiger partial charge on any atom is -0.286 e. The Morgan fingerprint density at radius 3 is 0.931 bits per heavy atom. The first-order valence-electron chi connectivity index (χ1n) is 9.44. The first-order valence-corrected chi connectivity index (χ1v) is 12.4. The molecule has 0 aliphatic rings. The number of phosphoric ester groups is 2. The van der Waals surface area contributed by atoms with Gasteiger partial charge in [0, 0.05) is 0 Å². The predicted octanol–water partition coefficient (Wildman–Crippen LogP) is 7.15. The molecule has 0 atom stereocenters. The highest BCUT2D eigenvalue weighted by Crippen LogP contribution is 2.66. The number of hydrogen-bond acceptors (Lipinski definition) is 7. The lowest BCUT2D eigenvalue weighted by Gasteiger charge is -2.23. The second kappa shape index (κ2) is 14.3. The average molecular weight is 450 g/mol. The average Bonchev–Trinajstić information content (AvgIpc) is 2.52. The van der Waals surface area contributed by atoms with Gasteiger partial charge in [0.25, 0.3) is 0 Å². The van der Waals surface area contributed by atoms with Crippen molar-refractivity contribution in [1.82, 2.24) is 0 Å². The van der Waals surface area contributed by atoms with Gasteiger partial charge in [-0.05, 0) is 53.4 Å². The summed E-state index contributed by atoms with van der Waals surface area (Å²) in [5.41, 5.74) is 3.32. The lowest BCUT2D eigenvalue weighted by molar-refractivity contribution is 0.111. The molecule has 0 amide bonds. The number of rotatable bonds is 18. The van der Waals surface area contributed by atoms with E-state index in [9.17, 15) is 9.13 Å². The van der Waals surface area contributed by atoms with Gasteiger partial charge in [-0.25, -0.2) is 9.13 Å². The highest BCUT2D eigenvalue weighted by atomic mass is 31.3. The maximum atomic E-state index is 13.1. The van der Waals surface area contributed by atoms with Crippen LogP contribution in [0.1, 0.15) is 53.4 Å². The molecule has 0 N–H and O–H groups in total. The lowest BCUT2D eigenvalue weighted by atomic mass is 10.3. The fraction of sp³-hybridized carbons (Fsp3) is 0.600. The minimum atomic E-state index is -4.22. The van der Waals surface area contributed by atoms with Crippen molar-refractivity contribution in [2.24, 2.45) is 0 Å². The van der Waals surface area contributed by atoms with E-state index < -0.39 is 15.6 Å². The van der Waals surface area contributed by atoms with E-state index in [4.69, 9.17) is 22.4 Å². The summed E-state index contributed by atoms with van der Waals surface area (Å²) in [5, 5.41) is 0. The standard InChI is InChI=1S/C20H36O7P2/c1-17(2)9-13-23-28(21,24-14-10-18(3)4)27-29(22,25-15-11-19(5)6)26-16-12-20(7)8/h1,3,5,7,9-16H2,2,4,6,8H3. The first-order chi connectivity index (χ1) is 13.4. The molecular formula is C20H36O7P2. The molecule has 0 aromatic heterocycles. The van der Waals surface area contributed by atoms with Gasteiger partial charge in [-0.3, -0.25) is 18.1 Å². The van der Waals surface area contributed by atoms with Crippen LogP contribution in [0.25, 0.3) is 0 Å². The molecule has 0 saturated heterocycles. The Kier molecular flexibility index (Phi) is 13.9. The first kappa shape index (κ1) is 28.2. The maximum absolute atomic E-state index is 13.1. The van der Waals surface area contributed by atoms with Crippen LogP contribution in [0.5, 0.6) is 0 Å². The summed E-state index contributed by atoms with van der Waals surface area (Å²) in [7, 11) is -8.44. The zero-order valence-corrected chi connectivity index (χ0v) is 20.0.